The van der Waals surface area contributed by atoms with E-state index in [2.05, 4.69) is 350 Å². The molecule has 804 valence electrons. The van der Waals surface area contributed by atoms with Gasteiger partial charge in [-0.05, 0) is 270 Å². The summed E-state index contributed by atoms with van der Waals surface area (Å²) in [5.74, 6) is 5.57. The first-order valence-corrected chi connectivity index (χ1v) is 145. The Bertz CT molecular complexity index is 5370. The molecule has 8 aromatic rings. The number of fused-ring (bicyclic) bond motifs is 4. The monoisotopic (exact) mass is 3020 g/mol. The summed E-state index contributed by atoms with van der Waals surface area (Å²) in [5.41, 5.74) is 6.94. The predicted octanol–water partition coefficient (Wildman–Crippen LogP) is 37.6. The largest absolute Gasteiger partial charge is 1.00 e. The number of anilines is 8. The second-order valence-corrected chi connectivity index (χ2v) is 259. The Morgan fingerprint density at radius 3 is 1.08 bits per heavy atom. The Balaban J connectivity index is 0.000000219. The van der Waals surface area contributed by atoms with Gasteiger partial charge in [-0.2, -0.15) is 29.2 Å². The van der Waals surface area contributed by atoms with Gasteiger partial charge in [-0.1, -0.05) is 32.2 Å². The van der Waals surface area contributed by atoms with Crippen molar-refractivity contribution < 1.29 is 62.4 Å². The Kier molecular flexibility index (Phi) is 71.9. The van der Waals surface area contributed by atoms with E-state index in [1.165, 1.54) is 34.2 Å². The summed E-state index contributed by atoms with van der Waals surface area (Å²) >= 11 is 0. The van der Waals surface area contributed by atoms with Gasteiger partial charge in [-0.3, -0.25) is 5.32 Å². The predicted molar refractivity (Wildman–Crippen MR) is 807 cm³/mol. The van der Waals surface area contributed by atoms with Crippen LogP contribution in [-0.4, -0.2) is 186 Å². The maximum absolute atomic E-state index is 12.7. The van der Waals surface area contributed by atoms with E-state index in [4.69, 9.17) is 53.8 Å². The minimum Gasteiger partial charge on any atom is -0.870 e. The molecule has 145 heavy (non-hydrogen) atoms. The fourth-order valence-electron chi connectivity index (χ4n) is 15.5. The molecule has 37 atom stereocenters. The third-order valence-electron chi connectivity index (χ3n) is 21.9. The molecule has 0 aliphatic carbocycles. The number of amides is 3. The zero-order valence-electron chi connectivity index (χ0n) is 80.2. The Labute approximate surface area is 969 Å². The number of benzene rings is 2. The second kappa shape index (κ2) is 72.1. The van der Waals surface area contributed by atoms with Gasteiger partial charge >= 0.3 is 37.1 Å². The Hall–Kier alpha value is 16.2. The third kappa shape index (κ3) is 39.6. The van der Waals surface area contributed by atoms with Gasteiger partial charge in [0.2, 0.25) is 11.9 Å². The van der Waals surface area contributed by atoms with Gasteiger partial charge < -0.3 is 58.6 Å². The number of carbonyl (C=O) groups is 3. The van der Waals surface area contributed by atoms with Crippen molar-refractivity contribution in [3.05, 3.63) is 83.2 Å². The van der Waals surface area contributed by atoms with E-state index in [1.807, 2.05) is 46.3 Å². The van der Waals surface area contributed by atoms with Crippen LogP contribution < -0.4 is 58.5 Å². The number of methoxy groups -OCH3 is 3. The van der Waals surface area contributed by atoms with Crippen LogP contribution in [0.25, 0.3) is 33.1 Å². The first-order valence-electron chi connectivity index (χ1n) is 42.7. The van der Waals surface area contributed by atoms with Crippen LogP contribution in [0, 0.1) is 13.8 Å². The SMILES string of the molecule is COC(=O)N(C(=O)OC)c1nc(N2CCCCC2c2cc3nc(N4CCC4)cc(N4CCOCC4)n3n2)c2c(C)cccc2n1.COC(=O)Nc1nc(N2CCCCC2c2cc3nc(N4CCC4)cc(N4CCOCC4)n3n2)c2c(C)cccc2n1.PP(P)P(P)P(P(P(P)P)P(P)P)P(P(P(P)P)P(P)P)P(P(P)P)P(P)P.PPP(P(P)P)P(P(P(P)P)P(P)P)P(P(P(P)P)P(P)P)P(P(P)P)P(P)P.[Li+].[OH-]. The Morgan fingerprint density at radius 1 is 0.393 bits per heavy atom. The number of nitrogens with zero attached hydrogens (tertiary/aromatic N) is 17. The summed E-state index contributed by atoms with van der Waals surface area (Å²) in [6.45, 7) is 15.8. The molecule has 85 heteroatoms. The van der Waals surface area contributed by atoms with Crippen molar-refractivity contribution in [2.45, 2.75) is 77.3 Å². The average molecular weight is 3020 g/mol. The summed E-state index contributed by atoms with van der Waals surface area (Å²) in [5, 5.41) is 14.9. The van der Waals surface area contributed by atoms with E-state index in [9.17, 15) is 14.4 Å². The number of ether oxygens (including phenoxy) is 5. The summed E-state index contributed by atoms with van der Waals surface area (Å²) in [6.07, 6.45) is 5.77. The van der Waals surface area contributed by atoms with Crippen LogP contribution in [0.4, 0.5) is 61.2 Å². The molecule has 0 spiro atoms. The molecule has 2 N–H and O–H groups in total. The van der Waals surface area contributed by atoms with Gasteiger partial charge in [0, 0.05) is 100 Å². The molecule has 12 heterocycles. The van der Waals surface area contributed by atoms with Crippen molar-refractivity contribution in [2.75, 3.05) is 153 Å². The zero-order valence-corrected chi connectivity index (χ0v) is 139. The van der Waals surface area contributed by atoms with Crippen molar-refractivity contribution in [3.63, 3.8) is 0 Å². The van der Waals surface area contributed by atoms with Crippen LogP contribution >= 0.6 is 457 Å². The fourth-order valence-corrected chi connectivity index (χ4v) is 745. The molecule has 0 saturated carbocycles. The minimum absolute atomic E-state index is 0. The molecular formula is C60H134LiN18O9P57. The quantitative estimate of drug-likeness (QED) is 0.0219. The molecular weight excluding hydrogens is 2890 g/mol. The van der Waals surface area contributed by atoms with Crippen LogP contribution in [0.1, 0.15) is 86.0 Å². The maximum Gasteiger partial charge on any atom is 1.00 e. The zero-order chi connectivity index (χ0) is 105. The van der Waals surface area contributed by atoms with Gasteiger partial charge in [0.25, 0.3) is 0 Å². The van der Waals surface area contributed by atoms with Gasteiger partial charge in [-0.25, -0.2) is 34.3 Å². The minimum atomic E-state index is -0.935. The molecule has 0 radical (unpaired) electrons. The van der Waals surface area contributed by atoms with E-state index in [1.54, 1.807) is 0 Å². The molecule has 0 bridgehead atoms. The smallest absolute Gasteiger partial charge is 0.870 e. The number of hydrogen-bond donors (Lipinski definition) is 1. The molecule has 3 amide bonds. The van der Waals surface area contributed by atoms with E-state index >= 15 is 0 Å². The van der Waals surface area contributed by atoms with Gasteiger partial charge in [0.05, 0.1) is 82.3 Å². The summed E-state index contributed by atoms with van der Waals surface area (Å²) < 4.78 is 29.9. The van der Waals surface area contributed by atoms with Crippen LogP contribution in [0.15, 0.2) is 60.7 Å². The van der Waals surface area contributed by atoms with Crippen molar-refractivity contribution in [3.8, 4) is 0 Å². The fraction of sp³-hybridized carbons (Fsp3) is 0.483. The first kappa shape index (κ1) is 144. The standard InChI is InChI=1S/C31H37N9O5.C29H35N9O3.Li.H2O.H31P29.H30P28/c1-20-8-6-9-21-27(20)28(34-29(32-21)39(30(41)43-2)31(42)44-3)38-13-5-4-10-23(38)22-18-25-33-24(36-11-7-12-36)19-26(40(25)35-22)37-14-16-45-17-15-37;1-19-7-5-8-20-26(19)27(32-28(30-20)33-29(39)40-2)37-12-4-3-9-22(37)21-17-24-31-23(35-10-6-11-35)18-25(38(24)34-21)36-13-15-41-16-14-36;;;1-16-24(17(2)3)28(25(18(4)5)19(6)7)29(26(20(8)9)21(10)11)27(22(12)13)23(14)15;1-16(2)23(15)27(24(17(3)4)18(5)6)28(25(19(7)8)20(9)10)26(21(11)12)22(13)14/h6,8-9,18-19,23H,4-5,7,10-17H2,1-3H3;5,7-8,17-18,22H,3-4,6,9-16H2,1-2H3,(H,30,32,33,39);;1H2;16H,1-15H2;1-15H2/q;;+1;;;/p-1. The Morgan fingerprint density at radius 2 is 0.745 bits per heavy atom. The van der Waals surface area contributed by atoms with Crippen LogP contribution in [0.3, 0.4) is 0 Å². The number of carbonyl (C=O) groups excluding carboxylic acids is 3. The topological polar surface area (TPSA) is 274 Å². The number of aromatic nitrogens is 10. The number of hydrogen-bond acceptors (Lipinski definition) is 23. The number of nitrogens with one attached hydrogen (secondary N) is 1. The molecule has 6 aliphatic rings. The summed E-state index contributed by atoms with van der Waals surface area (Å²) in [4.78, 5) is 81.1. The second-order valence-electron chi connectivity index (χ2n) is 31.2. The maximum atomic E-state index is 12.7. The van der Waals surface area contributed by atoms with Crippen molar-refractivity contribution in [1.29, 1.82) is 0 Å². The summed E-state index contributed by atoms with van der Waals surface area (Å²) in [7, 11) is 103. The van der Waals surface area contributed by atoms with Crippen LogP contribution in [0.5, 0.6) is 0 Å². The van der Waals surface area contributed by atoms with E-state index in [-0.39, 0.29) is 230 Å². The van der Waals surface area contributed by atoms with E-state index in [0.717, 1.165) is 185 Å². The molecule has 6 aliphatic heterocycles. The van der Waals surface area contributed by atoms with Crippen molar-refractivity contribution >= 4 is 556 Å². The van der Waals surface area contributed by atoms with Gasteiger partial charge in [0.1, 0.15) is 34.9 Å². The number of imide groups is 1. The molecule has 27 nitrogen and oxygen atoms in total. The average Bonchev–Trinajstić information content (AvgIpc) is 1.70. The molecule has 6 fully saturated rings. The number of piperidine rings is 2. The number of aryl methyl sites for hydroxylation is 2. The molecule has 37 unspecified atom stereocenters. The van der Waals surface area contributed by atoms with E-state index < -0.39 is 18.3 Å². The van der Waals surface area contributed by atoms with Crippen molar-refractivity contribution in [1.82, 2.24) is 49.1 Å². The van der Waals surface area contributed by atoms with Crippen LogP contribution in [0.2, 0.25) is 0 Å². The first-order chi connectivity index (χ1) is 67.9. The molecule has 14 rings (SSSR count). The molecule has 6 saturated heterocycles. The number of rotatable bonds is 35. The van der Waals surface area contributed by atoms with Gasteiger partial charge in [-0.15, -0.1) is 273 Å². The van der Waals surface area contributed by atoms with Gasteiger partial charge in [0.15, 0.2) is 11.3 Å². The molecule has 6 aromatic heterocycles. The molecule has 2 aromatic carbocycles. The number of morpholine rings is 2. The van der Waals surface area contributed by atoms with Crippen molar-refractivity contribution in [2.24, 2.45) is 0 Å². The van der Waals surface area contributed by atoms with E-state index in [0.29, 0.717) is 49.2 Å². The normalized spacial score (nSPS) is 17.7. The third-order valence-corrected chi connectivity index (χ3v) is 396. The summed E-state index contributed by atoms with van der Waals surface area (Å²) in [6, 6.07) is 20.2. The van der Waals surface area contributed by atoms with Crippen LogP contribution in [-0.2, 0) is 23.7 Å².